The molecule has 7 aliphatic heterocycles. The van der Waals surface area contributed by atoms with E-state index >= 15 is 0 Å². The van der Waals surface area contributed by atoms with Gasteiger partial charge in [0.25, 0.3) is 20.1 Å². The minimum Gasteiger partial charge on any atom is -0.452 e. The molecule has 7 aliphatic rings. The third-order valence-corrected chi connectivity index (χ3v) is 20.9. The van der Waals surface area contributed by atoms with Crippen LogP contribution in [0.4, 0.5) is 85.3 Å². The van der Waals surface area contributed by atoms with Gasteiger partial charge in [0, 0.05) is 85.1 Å². The van der Waals surface area contributed by atoms with Crippen LogP contribution in [0.1, 0.15) is 105 Å². The highest BCUT2D eigenvalue weighted by molar-refractivity contribution is 7.06. The zero-order chi connectivity index (χ0) is 62.1. The maximum Gasteiger partial charge on any atom is 0.252 e. The van der Waals surface area contributed by atoms with Gasteiger partial charge in [0.15, 0.2) is 11.5 Å². The molecule has 0 N–H and O–H groups in total. The van der Waals surface area contributed by atoms with Gasteiger partial charge in [0.1, 0.15) is 0 Å². The lowest BCUT2D eigenvalue weighted by atomic mass is 9.27. The number of hydrogen-bond acceptors (Lipinski definition) is 6. The summed E-state index contributed by atoms with van der Waals surface area (Å²) >= 11 is 0. The van der Waals surface area contributed by atoms with E-state index in [9.17, 15) is 0 Å². The Balaban J connectivity index is 1.01. The van der Waals surface area contributed by atoms with Gasteiger partial charge >= 0.3 is 0 Å². The van der Waals surface area contributed by atoms with Crippen LogP contribution in [-0.2, 0) is 21.7 Å². The summed E-state index contributed by atoms with van der Waals surface area (Å²) in [6.45, 7) is 27.7. The zero-order valence-corrected chi connectivity index (χ0v) is 54.2. The van der Waals surface area contributed by atoms with Crippen molar-refractivity contribution in [2.24, 2.45) is 0 Å². The summed E-state index contributed by atoms with van der Waals surface area (Å²) in [5.74, 6) is 1.93. The van der Waals surface area contributed by atoms with Gasteiger partial charge in [0.2, 0.25) is 0 Å². The van der Waals surface area contributed by atoms with Crippen molar-refractivity contribution in [1.82, 2.24) is 0 Å². The van der Waals surface area contributed by atoms with E-state index in [4.69, 9.17) is 4.74 Å². The lowest BCUT2D eigenvalue weighted by molar-refractivity contribution is 0.433. The first kappa shape index (κ1) is 54.4. The Morgan fingerprint density at radius 1 is 0.253 bits per heavy atom. The van der Waals surface area contributed by atoms with E-state index in [0.717, 1.165) is 39.9 Å². The molecule has 91 heavy (non-hydrogen) atoms. The Hall–Kier alpha value is -9.59. The number of hydrogen-bond donors (Lipinski definition) is 0. The van der Waals surface area contributed by atoms with Gasteiger partial charge < -0.3 is 29.2 Å². The molecular weight excluding hydrogens is 1100 g/mol. The highest BCUT2D eigenvalue weighted by atomic mass is 16.5. The van der Waals surface area contributed by atoms with Crippen LogP contribution >= 0.6 is 0 Å². The molecule has 0 spiro atoms. The standard InChI is InChI=1S/C82H72B3N5O/c1-79(2,3)49-37-41-58-65(44-49)86(51-26-17-13-18-27-51)63-34-25-35-64-71(63)84(58)61-46-62-68(47-67(61)87(64)52-28-19-14-20-29-52)89(54-32-23-16-24-33-54)70-48-69-72-76-73(70)85(62)60-43-39-56(82(10,11)12)78-75(60)90(76)74-59(42-38-55(77(74)91-78)81(7,8)9)83(72)57-40-36-50(80(4,5)6)45-66(57)88(69)53-30-21-15-22-31-53/h13-48H,1-12H3. The van der Waals surface area contributed by atoms with Gasteiger partial charge in [-0.15, -0.1) is 0 Å². The second-order valence-electron chi connectivity index (χ2n) is 30.5. The number of ether oxygens (including phenoxy) is 1. The molecule has 6 nitrogen and oxygen atoms in total. The number of fused-ring (bicyclic) bond motifs is 10. The lowest BCUT2D eigenvalue weighted by Gasteiger charge is -2.53. The van der Waals surface area contributed by atoms with E-state index in [1.807, 2.05) is 0 Å². The predicted molar refractivity (Wildman–Crippen MR) is 389 cm³/mol. The summed E-state index contributed by atoms with van der Waals surface area (Å²) in [5.41, 5.74) is 33.8. The van der Waals surface area contributed by atoms with Gasteiger partial charge in [-0.05, 0) is 167 Å². The Labute approximate surface area is 537 Å². The molecule has 11 aromatic rings. The van der Waals surface area contributed by atoms with Crippen LogP contribution in [0.25, 0.3) is 0 Å². The van der Waals surface area contributed by atoms with E-state index in [1.54, 1.807) is 0 Å². The fraction of sp³-hybridized carbons (Fsp3) is 0.195. The molecule has 0 aliphatic carbocycles. The molecule has 9 heteroatoms. The molecule has 0 amide bonds. The zero-order valence-electron chi connectivity index (χ0n) is 54.2. The first-order valence-corrected chi connectivity index (χ1v) is 32.8. The normalized spacial score (nSPS) is 14.9. The molecule has 0 fully saturated rings. The average molecular weight is 1180 g/mol. The van der Waals surface area contributed by atoms with Crippen molar-refractivity contribution < 1.29 is 4.74 Å². The van der Waals surface area contributed by atoms with Gasteiger partial charge in [-0.1, -0.05) is 217 Å². The topological polar surface area (TPSA) is 25.4 Å². The van der Waals surface area contributed by atoms with Crippen LogP contribution in [0.5, 0.6) is 11.5 Å². The first-order chi connectivity index (χ1) is 43.7. The van der Waals surface area contributed by atoms with Crippen LogP contribution in [0, 0.1) is 0 Å². The molecular formula is C82H72B3N5O. The van der Waals surface area contributed by atoms with Crippen molar-refractivity contribution >= 4 is 155 Å². The SMILES string of the molecule is CC(C)(C)c1ccc2c(c1)N(c1ccccc1)c1cccc3c1B2c1cc2c(cc1N3c1ccccc1)N(c1ccccc1)c1cc3c4c5c1B2c1ccc(C(C)(C)C)c2c1N5c1c(ccc(C(C)(C)C)c1O2)B4c1ccc(C(C)(C)C)cc1N3c1ccccc1. The molecule has 440 valence electrons. The summed E-state index contributed by atoms with van der Waals surface area (Å²) in [6.07, 6.45) is 0. The van der Waals surface area contributed by atoms with Crippen molar-refractivity contribution in [1.29, 1.82) is 0 Å². The van der Waals surface area contributed by atoms with Crippen molar-refractivity contribution in [2.75, 3.05) is 24.5 Å². The molecule has 0 saturated heterocycles. The van der Waals surface area contributed by atoms with E-state index < -0.39 is 0 Å². The fourth-order valence-corrected chi connectivity index (χ4v) is 16.7. The van der Waals surface area contributed by atoms with Crippen molar-refractivity contribution in [2.45, 2.75) is 105 Å². The van der Waals surface area contributed by atoms with E-state index in [2.05, 4.69) is 326 Å². The third kappa shape index (κ3) is 7.52. The van der Waals surface area contributed by atoms with Gasteiger partial charge in [0.05, 0.1) is 11.4 Å². The van der Waals surface area contributed by atoms with Crippen molar-refractivity contribution in [3.63, 3.8) is 0 Å². The highest BCUT2D eigenvalue weighted by Crippen LogP contribution is 2.60. The molecule has 0 bridgehead atoms. The molecule has 7 heterocycles. The molecule has 0 radical (unpaired) electrons. The fourth-order valence-electron chi connectivity index (χ4n) is 16.7. The van der Waals surface area contributed by atoms with Gasteiger partial charge in [-0.2, -0.15) is 0 Å². The lowest BCUT2D eigenvalue weighted by Crippen LogP contribution is -2.70. The van der Waals surface area contributed by atoms with Crippen molar-refractivity contribution in [3.8, 4) is 11.5 Å². The molecule has 11 aromatic carbocycles. The second-order valence-corrected chi connectivity index (χ2v) is 30.5. The third-order valence-electron chi connectivity index (χ3n) is 20.9. The number of nitrogens with zero attached hydrogens (tertiary/aromatic N) is 5. The Morgan fingerprint density at radius 3 is 0.978 bits per heavy atom. The quantitative estimate of drug-likeness (QED) is 0.163. The van der Waals surface area contributed by atoms with Crippen LogP contribution < -0.4 is 78.4 Å². The Morgan fingerprint density at radius 2 is 0.593 bits per heavy atom. The minimum absolute atomic E-state index is 0.0780. The monoisotopic (exact) mass is 1180 g/mol. The molecule has 18 rings (SSSR count). The maximum absolute atomic E-state index is 7.96. The predicted octanol–water partition coefficient (Wildman–Crippen LogP) is 15.8. The summed E-state index contributed by atoms with van der Waals surface area (Å²) in [7, 11) is 0. The molecule has 0 aromatic heterocycles. The Kier molecular flexibility index (Phi) is 11.1. The number of benzene rings is 11. The average Bonchev–Trinajstić information content (AvgIpc) is 0.659. The van der Waals surface area contributed by atoms with Crippen LogP contribution in [0.3, 0.4) is 0 Å². The summed E-state index contributed by atoms with van der Waals surface area (Å²) in [5, 5.41) is 0. The molecule has 0 unspecified atom stereocenters. The number of para-hydroxylation sites is 4. The van der Waals surface area contributed by atoms with Gasteiger partial charge in [-0.3, -0.25) is 0 Å². The van der Waals surface area contributed by atoms with Crippen LogP contribution in [-0.4, -0.2) is 20.1 Å². The summed E-state index contributed by atoms with van der Waals surface area (Å²) < 4.78 is 7.96. The number of anilines is 15. The number of rotatable bonds is 4. The van der Waals surface area contributed by atoms with Crippen LogP contribution in [0.2, 0.25) is 0 Å². The largest absolute Gasteiger partial charge is 0.452 e. The summed E-state index contributed by atoms with van der Waals surface area (Å²) in [6, 6.07) is 84.0. The first-order valence-electron chi connectivity index (χ1n) is 32.8. The van der Waals surface area contributed by atoms with E-state index in [1.165, 1.54) is 128 Å². The maximum atomic E-state index is 7.96. The minimum atomic E-state index is -0.246. The van der Waals surface area contributed by atoms with Crippen LogP contribution in [0.15, 0.2) is 218 Å². The smallest absolute Gasteiger partial charge is 0.252 e. The van der Waals surface area contributed by atoms with Gasteiger partial charge in [-0.25, -0.2) is 0 Å². The van der Waals surface area contributed by atoms with Crippen molar-refractivity contribution in [3.05, 3.63) is 241 Å². The Bertz CT molecular complexity index is 4940. The molecule has 0 saturated carbocycles. The highest BCUT2D eigenvalue weighted by Gasteiger charge is 2.56. The molecule has 0 atom stereocenters. The van der Waals surface area contributed by atoms with E-state index in [0.29, 0.717) is 0 Å². The summed E-state index contributed by atoms with van der Waals surface area (Å²) in [4.78, 5) is 13.1. The second kappa shape index (κ2) is 18.5. The van der Waals surface area contributed by atoms with E-state index in [-0.39, 0.29) is 41.8 Å².